The first-order chi connectivity index (χ1) is 9.04. The van der Waals surface area contributed by atoms with Gasteiger partial charge in [-0.25, -0.2) is 14.8 Å². The molecular weight excluding hydrogens is 242 g/mol. The molecule has 0 saturated heterocycles. The molecule has 5 nitrogen and oxygen atoms in total. The van der Waals surface area contributed by atoms with Gasteiger partial charge in [0, 0.05) is 23.0 Å². The molecule has 0 spiro atoms. The summed E-state index contributed by atoms with van der Waals surface area (Å²) in [7, 11) is 0. The highest BCUT2D eigenvalue weighted by atomic mass is 16.4. The van der Waals surface area contributed by atoms with Crippen molar-refractivity contribution < 1.29 is 9.90 Å². The van der Waals surface area contributed by atoms with Gasteiger partial charge in [0.2, 0.25) is 0 Å². The Morgan fingerprint density at radius 3 is 2.63 bits per heavy atom. The molecule has 19 heavy (non-hydrogen) atoms. The minimum atomic E-state index is -1.07. The fraction of sp³-hybridized carbons (Fsp3) is 0.0714. The zero-order valence-corrected chi connectivity index (χ0v) is 10.2. The number of nitrogen functional groups attached to an aromatic ring is 1. The van der Waals surface area contributed by atoms with Crippen LogP contribution in [-0.2, 0) is 0 Å². The largest absolute Gasteiger partial charge is 0.477 e. The fourth-order valence-corrected chi connectivity index (χ4v) is 1.47. The first-order valence-electron chi connectivity index (χ1n) is 5.50. The van der Waals surface area contributed by atoms with Gasteiger partial charge in [0.05, 0.1) is 0 Å². The normalized spacial score (nSPS) is 9.53. The molecule has 3 N–H and O–H groups in total. The number of carboxylic acid groups (broad SMARTS) is 1. The molecule has 0 radical (unpaired) electrons. The highest BCUT2D eigenvalue weighted by Crippen LogP contribution is 2.05. The number of hydrogen-bond donors (Lipinski definition) is 2. The first kappa shape index (κ1) is 12.6. The predicted octanol–water partition coefficient (Wildman–Crippen LogP) is 1.47. The summed E-state index contributed by atoms with van der Waals surface area (Å²) in [5, 5.41) is 8.91. The van der Waals surface area contributed by atoms with Crippen LogP contribution in [0.1, 0.15) is 27.3 Å². The Labute approximate surface area is 110 Å². The van der Waals surface area contributed by atoms with Crippen molar-refractivity contribution in [2.75, 3.05) is 5.73 Å². The highest BCUT2D eigenvalue weighted by molar-refractivity contribution is 5.85. The van der Waals surface area contributed by atoms with Crippen LogP contribution in [0.5, 0.6) is 0 Å². The van der Waals surface area contributed by atoms with Gasteiger partial charge in [0.1, 0.15) is 11.5 Å². The van der Waals surface area contributed by atoms with E-state index in [1.807, 2.05) is 0 Å². The number of hydrogen-bond acceptors (Lipinski definition) is 4. The van der Waals surface area contributed by atoms with Crippen LogP contribution in [0.15, 0.2) is 30.5 Å². The molecule has 0 bridgehead atoms. The third-order valence-corrected chi connectivity index (χ3v) is 2.31. The molecule has 2 aromatic heterocycles. The summed E-state index contributed by atoms with van der Waals surface area (Å²) in [4.78, 5) is 18.7. The number of aromatic nitrogens is 2. The van der Waals surface area contributed by atoms with Crippen molar-refractivity contribution in [1.29, 1.82) is 0 Å². The van der Waals surface area contributed by atoms with Crippen molar-refractivity contribution in [2.45, 2.75) is 6.92 Å². The molecule has 0 aliphatic carbocycles. The van der Waals surface area contributed by atoms with Gasteiger partial charge < -0.3 is 10.8 Å². The van der Waals surface area contributed by atoms with Gasteiger partial charge in [-0.05, 0) is 31.2 Å². The van der Waals surface area contributed by atoms with Gasteiger partial charge in [-0.15, -0.1) is 0 Å². The molecule has 5 heteroatoms. The smallest absolute Gasteiger partial charge is 0.354 e. The molecule has 2 heterocycles. The summed E-state index contributed by atoms with van der Waals surface area (Å²) >= 11 is 0. The maximum absolute atomic E-state index is 10.9. The third-order valence-electron chi connectivity index (χ3n) is 2.31. The van der Waals surface area contributed by atoms with Gasteiger partial charge in [0.15, 0.2) is 0 Å². The van der Waals surface area contributed by atoms with Crippen molar-refractivity contribution in [2.24, 2.45) is 0 Å². The molecule has 0 aliphatic rings. The lowest BCUT2D eigenvalue weighted by Crippen LogP contribution is -2.02. The van der Waals surface area contributed by atoms with Crippen molar-refractivity contribution in [3.05, 3.63) is 53.0 Å². The molecule has 0 saturated carbocycles. The molecular formula is C14H11N3O2. The number of aryl methyl sites for hydroxylation is 1. The lowest BCUT2D eigenvalue weighted by Gasteiger charge is -1.98. The minimum Gasteiger partial charge on any atom is -0.477 e. The maximum atomic E-state index is 10.9. The van der Waals surface area contributed by atoms with Crippen LogP contribution in [0.4, 0.5) is 5.82 Å². The third kappa shape index (κ3) is 3.30. The van der Waals surface area contributed by atoms with E-state index in [2.05, 4.69) is 21.8 Å². The van der Waals surface area contributed by atoms with Crippen LogP contribution in [-0.4, -0.2) is 21.0 Å². The van der Waals surface area contributed by atoms with Crippen LogP contribution in [0, 0.1) is 18.8 Å². The topological polar surface area (TPSA) is 89.1 Å². The summed E-state index contributed by atoms with van der Waals surface area (Å²) in [5.41, 5.74) is 7.38. The second-order valence-corrected chi connectivity index (χ2v) is 3.91. The Morgan fingerprint density at radius 1 is 1.26 bits per heavy atom. The summed E-state index contributed by atoms with van der Waals surface area (Å²) in [6, 6.07) is 6.57. The van der Waals surface area contributed by atoms with E-state index in [9.17, 15) is 4.79 Å². The van der Waals surface area contributed by atoms with Crippen molar-refractivity contribution in [1.82, 2.24) is 9.97 Å². The van der Waals surface area contributed by atoms with Crippen LogP contribution >= 0.6 is 0 Å². The number of anilines is 1. The van der Waals surface area contributed by atoms with Gasteiger partial charge in [-0.1, -0.05) is 11.8 Å². The molecule has 0 aromatic carbocycles. The zero-order chi connectivity index (χ0) is 13.8. The van der Waals surface area contributed by atoms with Crippen molar-refractivity contribution in [3.63, 3.8) is 0 Å². The molecule has 2 rings (SSSR count). The van der Waals surface area contributed by atoms with E-state index in [4.69, 9.17) is 10.8 Å². The van der Waals surface area contributed by atoms with Crippen LogP contribution in [0.2, 0.25) is 0 Å². The summed E-state index contributed by atoms with van der Waals surface area (Å²) in [6.07, 6.45) is 1.56. The monoisotopic (exact) mass is 253 g/mol. The van der Waals surface area contributed by atoms with Crippen LogP contribution in [0.25, 0.3) is 0 Å². The van der Waals surface area contributed by atoms with Gasteiger partial charge in [-0.3, -0.25) is 0 Å². The number of pyridine rings is 2. The van der Waals surface area contributed by atoms with E-state index in [0.29, 0.717) is 22.6 Å². The van der Waals surface area contributed by atoms with E-state index < -0.39 is 5.97 Å². The predicted molar refractivity (Wildman–Crippen MR) is 70.6 cm³/mol. The fourth-order valence-electron chi connectivity index (χ4n) is 1.47. The Kier molecular flexibility index (Phi) is 3.44. The number of nitrogens with zero attached hydrogens (tertiary/aromatic N) is 2. The summed E-state index contributed by atoms with van der Waals surface area (Å²) in [5.74, 6) is 5.14. The molecule has 0 fully saturated rings. The molecule has 0 aliphatic heterocycles. The van der Waals surface area contributed by atoms with Gasteiger partial charge in [-0.2, -0.15) is 0 Å². The van der Waals surface area contributed by atoms with Crippen molar-refractivity contribution in [3.8, 4) is 11.8 Å². The summed E-state index contributed by atoms with van der Waals surface area (Å²) < 4.78 is 0. The second kappa shape index (κ2) is 5.19. The number of aromatic carboxylic acids is 1. The Balaban J connectivity index is 2.34. The summed E-state index contributed by atoms with van der Waals surface area (Å²) in [6.45, 7) is 1.72. The first-order valence-corrected chi connectivity index (χ1v) is 5.50. The average molecular weight is 253 g/mol. The van der Waals surface area contributed by atoms with E-state index >= 15 is 0 Å². The number of carbonyl (C=O) groups is 1. The average Bonchev–Trinajstić information content (AvgIpc) is 2.37. The quantitative estimate of drug-likeness (QED) is 0.751. The SMILES string of the molecule is Cc1cc(C#Cc2ccc(N)nc2)cc(C(=O)O)n1. The number of carboxylic acids is 1. The Hall–Kier alpha value is -2.87. The second-order valence-electron chi connectivity index (χ2n) is 3.91. The molecule has 0 atom stereocenters. The highest BCUT2D eigenvalue weighted by Gasteiger charge is 2.05. The minimum absolute atomic E-state index is 0.0141. The van der Waals surface area contributed by atoms with E-state index in [-0.39, 0.29) is 5.69 Å². The van der Waals surface area contributed by atoms with E-state index in [0.717, 1.165) is 0 Å². The number of rotatable bonds is 1. The van der Waals surface area contributed by atoms with Crippen LogP contribution in [0.3, 0.4) is 0 Å². The lowest BCUT2D eigenvalue weighted by molar-refractivity contribution is 0.0690. The van der Waals surface area contributed by atoms with Crippen molar-refractivity contribution >= 4 is 11.8 Å². The standard InChI is InChI=1S/C14H11N3O2/c1-9-6-11(7-12(17-9)14(18)19)3-2-10-4-5-13(15)16-8-10/h4-8H,1H3,(H2,15,16)(H,18,19). The maximum Gasteiger partial charge on any atom is 0.354 e. The van der Waals surface area contributed by atoms with Gasteiger partial charge >= 0.3 is 5.97 Å². The number of nitrogens with two attached hydrogens (primary N) is 1. The van der Waals surface area contributed by atoms with E-state index in [1.54, 1.807) is 31.3 Å². The van der Waals surface area contributed by atoms with Crippen LogP contribution < -0.4 is 5.73 Å². The molecule has 0 amide bonds. The molecule has 94 valence electrons. The molecule has 0 unspecified atom stereocenters. The zero-order valence-electron chi connectivity index (χ0n) is 10.2. The molecule has 2 aromatic rings. The Morgan fingerprint density at radius 2 is 2.00 bits per heavy atom. The Bertz CT molecular complexity index is 682. The van der Waals surface area contributed by atoms with Gasteiger partial charge in [0.25, 0.3) is 0 Å². The van der Waals surface area contributed by atoms with E-state index in [1.165, 1.54) is 6.07 Å². The lowest BCUT2D eigenvalue weighted by atomic mass is 10.2.